The van der Waals surface area contributed by atoms with Crippen molar-refractivity contribution in [3.63, 3.8) is 0 Å². The second kappa shape index (κ2) is 7.92. The Balaban J connectivity index is 2.55. The summed E-state index contributed by atoms with van der Waals surface area (Å²) in [5.41, 5.74) is -5.12. The lowest BCUT2D eigenvalue weighted by Gasteiger charge is -2.22. The van der Waals surface area contributed by atoms with Crippen LogP contribution in [0.25, 0.3) is 6.08 Å². The van der Waals surface area contributed by atoms with E-state index < -0.39 is 35.2 Å². The minimum absolute atomic E-state index is 0.236. The Kier molecular flexibility index (Phi) is 6.20. The monoisotopic (exact) mass is 428 g/mol. The Labute approximate surface area is 162 Å². The van der Waals surface area contributed by atoms with Gasteiger partial charge in [0, 0.05) is 0 Å². The number of halogens is 3. The fourth-order valence-corrected chi connectivity index (χ4v) is 4.42. The van der Waals surface area contributed by atoms with Crippen molar-refractivity contribution >= 4 is 35.2 Å². The van der Waals surface area contributed by atoms with Crippen LogP contribution < -0.4 is 9.37 Å². The van der Waals surface area contributed by atoms with Gasteiger partial charge in [0.05, 0.1) is 13.6 Å². The quantitative estimate of drug-likeness (QED) is 0.226. The molecule has 2 aromatic carbocycles. The number of ketones is 1. The zero-order chi connectivity index (χ0) is 21.2. The third kappa shape index (κ3) is 5.11. The van der Waals surface area contributed by atoms with Gasteiger partial charge < -0.3 is 4.18 Å². The van der Waals surface area contributed by atoms with Crippen LogP contribution in [0.15, 0.2) is 54.6 Å². The third-order valence-electron chi connectivity index (χ3n) is 3.79. The van der Waals surface area contributed by atoms with Crippen LogP contribution in [0.1, 0.15) is 15.9 Å². The van der Waals surface area contributed by atoms with E-state index in [0.29, 0.717) is 10.8 Å². The molecule has 0 heterocycles. The molecule has 4 nitrogen and oxygen atoms in total. The van der Waals surface area contributed by atoms with E-state index in [2.05, 4.69) is 4.18 Å². The van der Waals surface area contributed by atoms with Crippen LogP contribution >= 0.6 is 0 Å². The predicted molar refractivity (Wildman–Crippen MR) is 105 cm³/mol. The average Bonchev–Trinajstić information content (AvgIpc) is 2.58. The van der Waals surface area contributed by atoms with Crippen LogP contribution in [0.4, 0.5) is 13.2 Å². The molecule has 0 N–H and O–H groups in total. The van der Waals surface area contributed by atoms with Crippen molar-refractivity contribution in [1.29, 1.82) is 0 Å². The molecule has 2 aromatic rings. The zero-order valence-corrected chi connectivity index (χ0v) is 17.3. The SMILES string of the molecule is C[Si](C)(C)c1cccc(C(=O)/C=C/c2ccccc2)c1OS(=O)(=O)C(F)(F)F. The van der Waals surface area contributed by atoms with E-state index in [1.165, 1.54) is 30.4 Å². The lowest BCUT2D eigenvalue weighted by atomic mass is 10.1. The Morgan fingerprint density at radius 2 is 1.61 bits per heavy atom. The van der Waals surface area contributed by atoms with Crippen LogP contribution in [0.5, 0.6) is 5.75 Å². The van der Waals surface area contributed by atoms with Gasteiger partial charge in [0.15, 0.2) is 11.5 Å². The van der Waals surface area contributed by atoms with Crippen molar-refractivity contribution in [2.75, 3.05) is 0 Å². The minimum atomic E-state index is -5.91. The molecule has 0 aliphatic heterocycles. The number of hydrogen-bond acceptors (Lipinski definition) is 4. The van der Waals surface area contributed by atoms with Crippen LogP contribution in [0.3, 0.4) is 0 Å². The second-order valence-corrected chi connectivity index (χ2v) is 13.6. The molecule has 0 aromatic heterocycles. The lowest BCUT2D eigenvalue weighted by molar-refractivity contribution is -0.0500. The van der Waals surface area contributed by atoms with Crippen molar-refractivity contribution in [2.45, 2.75) is 25.1 Å². The number of carbonyl (C=O) groups is 1. The molecule has 0 aliphatic rings. The van der Waals surface area contributed by atoms with Gasteiger partial charge in [-0.25, -0.2) is 0 Å². The fraction of sp³-hybridized carbons (Fsp3) is 0.211. The van der Waals surface area contributed by atoms with Crippen LogP contribution in [0, 0.1) is 0 Å². The second-order valence-electron chi connectivity index (χ2n) is 7.02. The molecule has 2 rings (SSSR count). The predicted octanol–water partition coefficient (Wildman–Crippen LogP) is 4.36. The molecule has 9 heteroatoms. The molecule has 150 valence electrons. The smallest absolute Gasteiger partial charge is 0.375 e. The largest absolute Gasteiger partial charge is 0.534 e. The summed E-state index contributed by atoms with van der Waals surface area (Å²) in [5, 5.41) is 0.305. The highest BCUT2D eigenvalue weighted by atomic mass is 32.2. The van der Waals surface area contributed by atoms with Crippen LogP contribution in [-0.2, 0) is 10.1 Å². The third-order valence-corrected chi connectivity index (χ3v) is 6.75. The maximum atomic E-state index is 12.8. The summed E-state index contributed by atoms with van der Waals surface area (Å²) < 4.78 is 66.2. The van der Waals surface area contributed by atoms with E-state index in [1.807, 2.05) is 19.6 Å². The molecule has 0 bridgehead atoms. The summed E-state index contributed by atoms with van der Waals surface area (Å²) in [5.74, 6) is -1.21. The van der Waals surface area contributed by atoms with Gasteiger partial charge in [-0.1, -0.05) is 68.2 Å². The molecule has 0 fully saturated rings. The van der Waals surface area contributed by atoms with Crippen molar-refractivity contribution in [3.8, 4) is 5.75 Å². The standard InChI is InChI=1S/C19H19F3O4SSi/c1-28(2,3)17-11-7-10-15(18(17)26-27(24,25)19(20,21)22)16(23)13-12-14-8-5-4-6-9-14/h4-13H,1-3H3/b13-12+. The summed E-state index contributed by atoms with van der Waals surface area (Å²) >= 11 is 0. The highest BCUT2D eigenvalue weighted by molar-refractivity contribution is 7.88. The van der Waals surface area contributed by atoms with E-state index >= 15 is 0 Å². The van der Waals surface area contributed by atoms with Crippen molar-refractivity contribution in [3.05, 3.63) is 65.7 Å². The molecule has 0 amide bonds. The normalized spacial score (nSPS) is 12.9. The Bertz CT molecular complexity index is 992. The van der Waals surface area contributed by atoms with Crippen molar-refractivity contribution in [2.24, 2.45) is 0 Å². The maximum Gasteiger partial charge on any atom is 0.534 e. The van der Waals surface area contributed by atoms with E-state index in [-0.39, 0.29) is 5.56 Å². The van der Waals surface area contributed by atoms with Gasteiger partial charge in [-0.15, -0.1) is 0 Å². The number of rotatable bonds is 6. The molecule has 0 radical (unpaired) electrons. The summed E-state index contributed by atoms with van der Waals surface area (Å²) in [6.45, 7) is 5.43. The maximum absolute atomic E-state index is 12.8. The minimum Gasteiger partial charge on any atom is -0.375 e. The highest BCUT2D eigenvalue weighted by Gasteiger charge is 2.49. The first-order valence-electron chi connectivity index (χ1n) is 8.24. The summed E-state index contributed by atoms with van der Waals surface area (Å²) in [4.78, 5) is 12.6. The van der Waals surface area contributed by atoms with E-state index in [1.54, 1.807) is 30.3 Å². The molecule has 0 aliphatic carbocycles. The number of para-hydroxylation sites is 1. The summed E-state index contributed by atoms with van der Waals surface area (Å²) in [6, 6.07) is 13.1. The number of benzene rings is 2. The Morgan fingerprint density at radius 1 is 1.00 bits per heavy atom. The molecule has 28 heavy (non-hydrogen) atoms. The van der Waals surface area contributed by atoms with E-state index in [9.17, 15) is 26.4 Å². The van der Waals surface area contributed by atoms with Crippen molar-refractivity contribution in [1.82, 2.24) is 0 Å². The van der Waals surface area contributed by atoms with E-state index in [4.69, 9.17) is 0 Å². The molecule has 0 saturated heterocycles. The van der Waals surface area contributed by atoms with Gasteiger partial charge in [0.1, 0.15) is 0 Å². The van der Waals surface area contributed by atoms with Gasteiger partial charge in [0.25, 0.3) is 0 Å². The summed E-state index contributed by atoms with van der Waals surface area (Å²) in [7, 11) is -8.24. The first kappa shape index (κ1) is 21.9. The van der Waals surface area contributed by atoms with Gasteiger partial charge in [0.2, 0.25) is 0 Å². The number of carbonyl (C=O) groups excluding carboxylic acids is 1. The van der Waals surface area contributed by atoms with Gasteiger partial charge in [-0.05, 0) is 22.9 Å². The first-order chi connectivity index (χ1) is 12.8. The molecule has 0 saturated carbocycles. The molecule has 0 atom stereocenters. The molecule has 0 unspecified atom stereocenters. The molecule has 0 spiro atoms. The summed E-state index contributed by atoms with van der Waals surface area (Å²) in [6.07, 6.45) is 2.66. The lowest BCUT2D eigenvalue weighted by Crippen LogP contribution is -2.41. The average molecular weight is 429 g/mol. The molecular weight excluding hydrogens is 409 g/mol. The van der Waals surface area contributed by atoms with Gasteiger partial charge in [-0.3, -0.25) is 4.79 Å². The van der Waals surface area contributed by atoms with Gasteiger partial charge >= 0.3 is 15.6 Å². The van der Waals surface area contributed by atoms with E-state index in [0.717, 1.165) is 0 Å². The Morgan fingerprint density at radius 3 is 2.14 bits per heavy atom. The Hall–Kier alpha value is -2.39. The zero-order valence-electron chi connectivity index (χ0n) is 15.4. The molecular formula is C19H19F3O4SSi. The van der Waals surface area contributed by atoms with Crippen molar-refractivity contribution < 1.29 is 30.6 Å². The highest BCUT2D eigenvalue weighted by Crippen LogP contribution is 2.30. The topological polar surface area (TPSA) is 60.4 Å². The first-order valence-corrected chi connectivity index (χ1v) is 13.2. The fourth-order valence-electron chi connectivity index (χ4n) is 2.39. The number of allylic oxidation sites excluding steroid dienone is 1. The number of alkyl halides is 3. The van der Waals surface area contributed by atoms with Gasteiger partial charge in [-0.2, -0.15) is 21.6 Å². The number of hydrogen-bond donors (Lipinski definition) is 0. The van der Waals surface area contributed by atoms with Crippen LogP contribution in [0.2, 0.25) is 19.6 Å². The van der Waals surface area contributed by atoms with Crippen LogP contribution in [-0.4, -0.2) is 27.8 Å².